The van der Waals surface area contributed by atoms with Crippen LogP contribution in [0.1, 0.15) is 38.7 Å². The lowest BCUT2D eigenvalue weighted by Crippen LogP contribution is -2.34. The molecule has 9 heteroatoms. The maximum atomic E-state index is 14.1. The van der Waals surface area contributed by atoms with Crippen LogP contribution in [-0.4, -0.2) is 51.8 Å². The Bertz CT molecular complexity index is 1360. The Morgan fingerprint density at radius 1 is 1.18 bits per heavy atom. The minimum atomic E-state index is -0.523. The zero-order valence-electron chi connectivity index (χ0n) is 22.2. The standard InChI is InChI=1S/C29H34FN5O3/c1-20(2)16-25(36)19-34-28(23-6-9-26(30)27(17-23)38-3)32-35(29(34)37)24-7-4-21(5-8-24)10-13-33-14-11-22(18-31)12-15-33/h4-9,17,20,22H,10-16,19H2,1-3H3. The third kappa shape index (κ3) is 6.37. The number of nitrogens with zero attached hydrogens (tertiary/aromatic N) is 5. The van der Waals surface area contributed by atoms with E-state index in [9.17, 15) is 14.0 Å². The van der Waals surface area contributed by atoms with Crippen LogP contribution in [0.4, 0.5) is 4.39 Å². The van der Waals surface area contributed by atoms with Crippen molar-refractivity contribution < 1.29 is 13.9 Å². The van der Waals surface area contributed by atoms with Gasteiger partial charge in [0.05, 0.1) is 25.4 Å². The zero-order chi connectivity index (χ0) is 27.2. The molecule has 8 nitrogen and oxygen atoms in total. The highest BCUT2D eigenvalue weighted by Gasteiger charge is 2.21. The molecule has 38 heavy (non-hydrogen) atoms. The number of nitriles is 1. The number of halogens is 1. The fraction of sp³-hybridized carbons (Fsp3) is 0.448. The topological polar surface area (TPSA) is 93.2 Å². The molecule has 0 aliphatic carbocycles. The Kier molecular flexibility index (Phi) is 8.74. The van der Waals surface area contributed by atoms with Gasteiger partial charge in [0.25, 0.3) is 0 Å². The molecular weight excluding hydrogens is 485 g/mol. The normalized spacial score (nSPS) is 14.5. The zero-order valence-corrected chi connectivity index (χ0v) is 22.2. The molecule has 4 rings (SSSR count). The Labute approximate surface area is 222 Å². The molecule has 0 unspecified atom stereocenters. The summed E-state index contributed by atoms with van der Waals surface area (Å²) in [7, 11) is 1.37. The van der Waals surface area contributed by atoms with Crippen LogP contribution in [0.15, 0.2) is 47.3 Å². The Balaban J connectivity index is 1.58. The number of ether oxygens (including phenoxy) is 1. The van der Waals surface area contributed by atoms with E-state index >= 15 is 0 Å². The van der Waals surface area contributed by atoms with Crippen LogP contribution in [0.5, 0.6) is 5.75 Å². The van der Waals surface area contributed by atoms with Gasteiger partial charge in [-0.1, -0.05) is 26.0 Å². The summed E-state index contributed by atoms with van der Waals surface area (Å²) in [5, 5.41) is 13.6. The lowest BCUT2D eigenvalue weighted by atomic mass is 9.98. The second-order valence-corrected chi connectivity index (χ2v) is 10.3. The van der Waals surface area contributed by atoms with Crippen LogP contribution < -0.4 is 10.4 Å². The van der Waals surface area contributed by atoms with Crippen LogP contribution in [0.3, 0.4) is 0 Å². The minimum absolute atomic E-state index is 0.0331. The molecular formula is C29H34FN5O3. The average Bonchev–Trinajstić information content (AvgIpc) is 3.23. The molecule has 0 bridgehead atoms. The van der Waals surface area contributed by atoms with Gasteiger partial charge in [-0.2, -0.15) is 9.94 Å². The van der Waals surface area contributed by atoms with Crippen molar-refractivity contribution in [1.29, 1.82) is 5.26 Å². The second-order valence-electron chi connectivity index (χ2n) is 10.3. The van der Waals surface area contributed by atoms with Crippen LogP contribution >= 0.6 is 0 Å². The molecule has 1 aliphatic rings. The molecule has 0 spiro atoms. The van der Waals surface area contributed by atoms with Crippen LogP contribution in [0, 0.1) is 29.0 Å². The fourth-order valence-corrected chi connectivity index (χ4v) is 4.79. The molecule has 0 atom stereocenters. The van der Waals surface area contributed by atoms with Gasteiger partial charge in [0.1, 0.15) is 0 Å². The van der Waals surface area contributed by atoms with Crippen molar-refractivity contribution in [2.45, 2.75) is 46.1 Å². The second kappa shape index (κ2) is 12.2. The summed E-state index contributed by atoms with van der Waals surface area (Å²) in [6.45, 7) is 6.58. The van der Waals surface area contributed by atoms with E-state index in [1.54, 1.807) is 0 Å². The van der Waals surface area contributed by atoms with E-state index in [2.05, 4.69) is 16.1 Å². The first kappa shape index (κ1) is 27.3. The Morgan fingerprint density at radius 2 is 1.89 bits per heavy atom. The maximum absolute atomic E-state index is 14.1. The van der Waals surface area contributed by atoms with Gasteiger partial charge in [0.2, 0.25) is 0 Å². The molecule has 2 heterocycles. The molecule has 0 radical (unpaired) electrons. The summed E-state index contributed by atoms with van der Waals surface area (Å²) >= 11 is 0. The van der Waals surface area contributed by atoms with Gasteiger partial charge >= 0.3 is 5.69 Å². The number of aromatic nitrogens is 3. The van der Waals surface area contributed by atoms with Gasteiger partial charge in [-0.05, 0) is 74.2 Å². The highest BCUT2D eigenvalue weighted by molar-refractivity contribution is 5.79. The first-order chi connectivity index (χ1) is 18.3. The summed E-state index contributed by atoms with van der Waals surface area (Å²) < 4.78 is 21.8. The molecule has 1 fully saturated rings. The van der Waals surface area contributed by atoms with Crippen molar-refractivity contribution in [2.75, 3.05) is 26.7 Å². The van der Waals surface area contributed by atoms with E-state index in [4.69, 9.17) is 10.00 Å². The van der Waals surface area contributed by atoms with Crippen LogP contribution in [-0.2, 0) is 17.8 Å². The summed E-state index contributed by atoms with van der Waals surface area (Å²) in [5.74, 6) is 0.0377. The molecule has 2 aromatic carbocycles. The smallest absolute Gasteiger partial charge is 0.351 e. The summed E-state index contributed by atoms with van der Waals surface area (Å²) in [5.41, 5.74) is 1.76. The molecule has 0 saturated carbocycles. The largest absolute Gasteiger partial charge is 0.494 e. The predicted octanol–water partition coefficient (Wildman–Crippen LogP) is 4.24. The number of benzene rings is 2. The van der Waals surface area contributed by atoms with E-state index in [0.717, 1.165) is 44.5 Å². The number of carbonyl (C=O) groups excluding carboxylic acids is 1. The van der Waals surface area contributed by atoms with Crippen molar-refractivity contribution >= 4 is 5.78 Å². The van der Waals surface area contributed by atoms with Gasteiger partial charge in [-0.15, -0.1) is 5.10 Å². The van der Waals surface area contributed by atoms with Crippen molar-refractivity contribution in [2.24, 2.45) is 11.8 Å². The monoisotopic (exact) mass is 519 g/mol. The van der Waals surface area contributed by atoms with Gasteiger partial charge in [0.15, 0.2) is 23.2 Å². The Morgan fingerprint density at radius 3 is 2.53 bits per heavy atom. The average molecular weight is 520 g/mol. The van der Waals surface area contributed by atoms with Crippen molar-refractivity contribution in [3.63, 3.8) is 0 Å². The van der Waals surface area contributed by atoms with Crippen LogP contribution in [0.25, 0.3) is 17.1 Å². The summed E-state index contributed by atoms with van der Waals surface area (Å²) in [6, 6.07) is 14.3. The number of ketones is 1. The molecule has 3 aromatic rings. The lowest BCUT2D eigenvalue weighted by molar-refractivity contribution is -0.120. The summed E-state index contributed by atoms with van der Waals surface area (Å²) in [4.78, 5) is 28.5. The van der Waals surface area contributed by atoms with Gasteiger partial charge < -0.3 is 9.64 Å². The number of Topliss-reactive ketones (excluding diaryl/α,β-unsaturated/α-hetero) is 1. The summed E-state index contributed by atoms with van der Waals surface area (Å²) in [6.07, 6.45) is 3.05. The van der Waals surface area contributed by atoms with Crippen molar-refractivity contribution in [1.82, 2.24) is 19.2 Å². The van der Waals surface area contributed by atoms with Crippen molar-refractivity contribution in [3.05, 3.63) is 64.3 Å². The van der Waals surface area contributed by atoms with Gasteiger partial charge in [-0.25, -0.2) is 9.18 Å². The van der Waals surface area contributed by atoms with E-state index in [1.807, 2.05) is 38.1 Å². The number of piperidine rings is 1. The molecule has 1 aliphatic heterocycles. The van der Waals surface area contributed by atoms with E-state index in [-0.39, 0.29) is 35.7 Å². The number of rotatable bonds is 10. The number of likely N-dealkylation sites (tertiary alicyclic amines) is 1. The Hall–Kier alpha value is -3.77. The molecule has 0 N–H and O–H groups in total. The highest BCUT2D eigenvalue weighted by atomic mass is 19.1. The van der Waals surface area contributed by atoms with Gasteiger partial charge in [0, 0.05) is 24.4 Å². The first-order valence-corrected chi connectivity index (χ1v) is 13.1. The third-order valence-electron chi connectivity index (χ3n) is 6.91. The molecule has 1 saturated heterocycles. The van der Waals surface area contributed by atoms with Crippen molar-refractivity contribution in [3.8, 4) is 28.9 Å². The SMILES string of the molecule is COc1cc(-c2nn(-c3ccc(CCN4CCC(C#N)CC4)cc3)c(=O)n2CC(=O)CC(C)C)ccc1F. The predicted molar refractivity (Wildman–Crippen MR) is 143 cm³/mol. The van der Waals surface area contributed by atoms with E-state index in [0.29, 0.717) is 17.7 Å². The van der Waals surface area contributed by atoms with Gasteiger partial charge in [-0.3, -0.25) is 9.36 Å². The first-order valence-electron chi connectivity index (χ1n) is 13.1. The number of hydrogen-bond acceptors (Lipinski definition) is 6. The maximum Gasteiger partial charge on any atom is 0.351 e. The highest BCUT2D eigenvalue weighted by Crippen LogP contribution is 2.25. The third-order valence-corrected chi connectivity index (χ3v) is 6.91. The number of methoxy groups -OCH3 is 1. The van der Waals surface area contributed by atoms with E-state index < -0.39 is 11.5 Å². The number of hydrogen-bond donors (Lipinski definition) is 0. The molecule has 0 amide bonds. The number of carbonyl (C=O) groups is 1. The minimum Gasteiger partial charge on any atom is -0.494 e. The lowest BCUT2D eigenvalue weighted by Gasteiger charge is -2.28. The van der Waals surface area contributed by atoms with E-state index in [1.165, 1.54) is 34.6 Å². The quantitative estimate of drug-likeness (QED) is 0.398. The fourth-order valence-electron chi connectivity index (χ4n) is 4.79. The molecule has 200 valence electrons. The molecule has 1 aromatic heterocycles. The van der Waals surface area contributed by atoms with Crippen LogP contribution in [0.2, 0.25) is 0 Å².